The number of hydrogen-bond acceptors (Lipinski definition) is 1. The normalized spacial score (nSPS) is 10.3. The summed E-state index contributed by atoms with van der Waals surface area (Å²) in [5.41, 5.74) is -0.180. The molecule has 0 aliphatic rings. The number of halogens is 3. The van der Waals surface area contributed by atoms with Crippen LogP contribution in [0.15, 0.2) is 43.0 Å². The minimum absolute atomic E-state index is 0.0571. The van der Waals surface area contributed by atoms with E-state index in [0.29, 0.717) is 0 Å². The van der Waals surface area contributed by atoms with Gasteiger partial charge < -0.3 is 4.74 Å². The first-order chi connectivity index (χ1) is 9.11. The zero-order valence-corrected chi connectivity index (χ0v) is 9.92. The minimum Gasteiger partial charge on any atom is -0.489 e. The Balaban J connectivity index is 2.44. The molecule has 0 spiro atoms. The molecule has 0 unspecified atom stereocenters. The fraction of sp³-hybridized carbons (Fsp3) is 0.0667. The second kappa shape index (κ2) is 5.61. The fourth-order valence-corrected chi connectivity index (χ4v) is 1.66. The lowest BCUT2D eigenvalue weighted by Crippen LogP contribution is -1.97. The molecule has 0 saturated carbocycles. The van der Waals surface area contributed by atoms with Crippen LogP contribution in [0.2, 0.25) is 0 Å². The zero-order valence-electron chi connectivity index (χ0n) is 9.92. The van der Waals surface area contributed by atoms with Gasteiger partial charge in [-0.25, -0.2) is 13.2 Å². The first-order valence-electron chi connectivity index (χ1n) is 5.52. The van der Waals surface area contributed by atoms with Crippen molar-refractivity contribution < 1.29 is 17.9 Å². The molecule has 1 radical (unpaired) electrons. The molecule has 0 heterocycles. The van der Waals surface area contributed by atoms with Crippen molar-refractivity contribution >= 4 is 0 Å². The zero-order chi connectivity index (χ0) is 13.8. The van der Waals surface area contributed by atoms with Gasteiger partial charge in [0.25, 0.3) is 0 Å². The molecular formula is C15H10F3O. The molecule has 0 bridgehead atoms. The maximum atomic E-state index is 13.9. The Labute approximate surface area is 109 Å². The molecule has 0 aliphatic carbocycles. The number of hydrogen-bond donors (Lipinski definition) is 0. The first kappa shape index (κ1) is 13.2. The Morgan fingerprint density at radius 1 is 1.16 bits per heavy atom. The van der Waals surface area contributed by atoms with E-state index < -0.39 is 17.5 Å². The molecule has 0 aromatic heterocycles. The van der Waals surface area contributed by atoms with E-state index in [-0.39, 0.29) is 23.5 Å². The van der Waals surface area contributed by atoms with Crippen LogP contribution in [0.5, 0.6) is 5.75 Å². The molecule has 19 heavy (non-hydrogen) atoms. The van der Waals surface area contributed by atoms with Gasteiger partial charge in [0.2, 0.25) is 0 Å². The van der Waals surface area contributed by atoms with Crippen LogP contribution in [-0.4, -0.2) is 6.61 Å². The number of benzene rings is 2. The highest BCUT2D eigenvalue weighted by Gasteiger charge is 2.14. The molecular weight excluding hydrogens is 253 g/mol. The molecule has 97 valence electrons. The molecule has 0 atom stereocenters. The maximum absolute atomic E-state index is 13.9. The van der Waals surface area contributed by atoms with Crippen molar-refractivity contribution in [3.63, 3.8) is 0 Å². The summed E-state index contributed by atoms with van der Waals surface area (Å²) in [7, 11) is 0. The number of rotatable bonds is 4. The SMILES string of the molecule is C=CCOc1cc(F)c(-c2cc[c]c(F)c2)c(F)c1. The van der Waals surface area contributed by atoms with Gasteiger partial charge in [0.1, 0.15) is 29.8 Å². The van der Waals surface area contributed by atoms with E-state index in [9.17, 15) is 13.2 Å². The molecule has 0 N–H and O–H groups in total. The van der Waals surface area contributed by atoms with Crippen molar-refractivity contribution in [3.05, 3.63) is 66.5 Å². The van der Waals surface area contributed by atoms with Gasteiger partial charge in [0.15, 0.2) is 0 Å². The topological polar surface area (TPSA) is 9.23 Å². The van der Waals surface area contributed by atoms with Crippen molar-refractivity contribution in [1.82, 2.24) is 0 Å². The van der Waals surface area contributed by atoms with E-state index in [0.717, 1.165) is 18.2 Å². The summed E-state index contributed by atoms with van der Waals surface area (Å²) in [6.07, 6.45) is 1.46. The summed E-state index contributed by atoms with van der Waals surface area (Å²) in [5.74, 6) is -2.25. The second-order valence-electron chi connectivity index (χ2n) is 3.79. The summed E-state index contributed by atoms with van der Waals surface area (Å²) in [4.78, 5) is 0. The van der Waals surface area contributed by atoms with Crippen molar-refractivity contribution in [2.45, 2.75) is 0 Å². The molecule has 2 aromatic carbocycles. The van der Waals surface area contributed by atoms with Crippen LogP contribution in [0.4, 0.5) is 13.2 Å². The van der Waals surface area contributed by atoms with Crippen molar-refractivity contribution in [2.24, 2.45) is 0 Å². The highest BCUT2D eigenvalue weighted by Crippen LogP contribution is 2.30. The molecule has 2 rings (SSSR count). The highest BCUT2D eigenvalue weighted by atomic mass is 19.1. The molecule has 0 aliphatic heterocycles. The maximum Gasteiger partial charge on any atom is 0.137 e. The summed E-state index contributed by atoms with van der Waals surface area (Å²) in [6.45, 7) is 3.58. The molecule has 0 saturated heterocycles. The highest BCUT2D eigenvalue weighted by molar-refractivity contribution is 5.65. The van der Waals surface area contributed by atoms with Gasteiger partial charge in [-0.05, 0) is 11.6 Å². The molecule has 2 aromatic rings. The second-order valence-corrected chi connectivity index (χ2v) is 3.79. The Hall–Kier alpha value is -2.23. The van der Waals surface area contributed by atoms with Crippen LogP contribution in [0.1, 0.15) is 0 Å². The average Bonchev–Trinajstić information content (AvgIpc) is 2.35. The van der Waals surface area contributed by atoms with Gasteiger partial charge in [-0.15, -0.1) is 0 Å². The van der Waals surface area contributed by atoms with Gasteiger partial charge in [-0.1, -0.05) is 24.8 Å². The van der Waals surface area contributed by atoms with E-state index >= 15 is 0 Å². The van der Waals surface area contributed by atoms with E-state index in [4.69, 9.17) is 4.74 Å². The van der Waals surface area contributed by atoms with Crippen LogP contribution in [0.3, 0.4) is 0 Å². The third kappa shape index (κ3) is 2.96. The van der Waals surface area contributed by atoms with Crippen LogP contribution < -0.4 is 4.74 Å². The Bertz CT molecular complexity index is 585. The third-order valence-corrected chi connectivity index (χ3v) is 2.44. The number of ether oxygens (including phenoxy) is 1. The van der Waals surface area contributed by atoms with Crippen LogP contribution in [0, 0.1) is 23.5 Å². The van der Waals surface area contributed by atoms with Crippen LogP contribution in [0.25, 0.3) is 11.1 Å². The predicted molar refractivity (Wildman–Crippen MR) is 66.3 cm³/mol. The summed E-state index contributed by atoms with van der Waals surface area (Å²) >= 11 is 0. The molecule has 0 fully saturated rings. The lowest BCUT2D eigenvalue weighted by Gasteiger charge is -2.09. The quantitative estimate of drug-likeness (QED) is 0.753. The van der Waals surface area contributed by atoms with Crippen molar-refractivity contribution in [1.29, 1.82) is 0 Å². The van der Waals surface area contributed by atoms with Gasteiger partial charge in [-0.2, -0.15) is 0 Å². The van der Waals surface area contributed by atoms with Gasteiger partial charge in [0, 0.05) is 18.2 Å². The lowest BCUT2D eigenvalue weighted by molar-refractivity contribution is 0.358. The predicted octanol–water partition coefficient (Wildman–Crippen LogP) is 4.14. The monoisotopic (exact) mass is 263 g/mol. The van der Waals surface area contributed by atoms with Crippen LogP contribution in [-0.2, 0) is 0 Å². The van der Waals surface area contributed by atoms with Gasteiger partial charge >= 0.3 is 0 Å². The Morgan fingerprint density at radius 2 is 1.84 bits per heavy atom. The van der Waals surface area contributed by atoms with E-state index in [1.807, 2.05) is 0 Å². The lowest BCUT2D eigenvalue weighted by atomic mass is 10.0. The summed E-state index contributed by atoms with van der Waals surface area (Å²) in [5, 5.41) is 0. The Kier molecular flexibility index (Phi) is 3.90. The smallest absolute Gasteiger partial charge is 0.137 e. The minimum atomic E-state index is -0.815. The average molecular weight is 263 g/mol. The van der Waals surface area contributed by atoms with Crippen molar-refractivity contribution in [2.75, 3.05) is 6.61 Å². The molecule has 1 nitrogen and oxygen atoms in total. The third-order valence-electron chi connectivity index (χ3n) is 2.44. The molecule has 0 amide bonds. The Morgan fingerprint density at radius 3 is 2.42 bits per heavy atom. The van der Waals surface area contributed by atoms with Gasteiger partial charge in [-0.3, -0.25) is 0 Å². The van der Waals surface area contributed by atoms with E-state index in [2.05, 4.69) is 12.6 Å². The first-order valence-corrected chi connectivity index (χ1v) is 5.52. The van der Waals surface area contributed by atoms with E-state index in [1.165, 1.54) is 18.2 Å². The molecule has 4 heteroatoms. The van der Waals surface area contributed by atoms with Gasteiger partial charge in [0.05, 0.1) is 5.56 Å². The fourth-order valence-electron chi connectivity index (χ4n) is 1.66. The van der Waals surface area contributed by atoms with Crippen molar-refractivity contribution in [3.8, 4) is 16.9 Å². The van der Waals surface area contributed by atoms with E-state index in [1.54, 1.807) is 0 Å². The summed E-state index contributed by atoms with van der Waals surface area (Å²) in [6, 6.07) is 8.05. The van der Waals surface area contributed by atoms with Crippen LogP contribution >= 0.6 is 0 Å². The standard InChI is InChI=1S/C15H10F3O/c1-2-6-19-12-8-13(17)15(14(18)9-12)10-4-3-5-11(16)7-10/h2-4,7-9H,1,6H2. The largest absolute Gasteiger partial charge is 0.489 e. The summed E-state index contributed by atoms with van der Waals surface area (Å²) < 4.78 is 45.8.